The number of rotatable bonds is 4. The molecule has 2 heterocycles. The predicted octanol–water partition coefficient (Wildman–Crippen LogP) is 2.60. The molecule has 1 aliphatic rings. The highest BCUT2D eigenvalue weighted by Crippen LogP contribution is 2.18. The lowest BCUT2D eigenvalue weighted by atomic mass is 10.1. The lowest BCUT2D eigenvalue weighted by Crippen LogP contribution is -2.31. The zero-order valence-corrected chi connectivity index (χ0v) is 10.9. The SMILES string of the molecule is CCCNc1cc(C)nc(N2CCCCC2)n1. The molecule has 1 fully saturated rings. The third-order valence-corrected chi connectivity index (χ3v) is 3.04. The minimum Gasteiger partial charge on any atom is -0.370 e. The Hall–Kier alpha value is -1.32. The van der Waals surface area contributed by atoms with E-state index in [0.29, 0.717) is 0 Å². The molecule has 0 atom stereocenters. The summed E-state index contributed by atoms with van der Waals surface area (Å²) in [5.74, 6) is 1.85. The van der Waals surface area contributed by atoms with Gasteiger partial charge in [-0.1, -0.05) is 6.92 Å². The summed E-state index contributed by atoms with van der Waals surface area (Å²) in [6.07, 6.45) is 4.97. The van der Waals surface area contributed by atoms with E-state index in [9.17, 15) is 0 Å². The van der Waals surface area contributed by atoms with E-state index < -0.39 is 0 Å². The van der Waals surface area contributed by atoms with Gasteiger partial charge < -0.3 is 10.2 Å². The predicted molar refractivity (Wildman–Crippen MR) is 71.6 cm³/mol. The van der Waals surface area contributed by atoms with Crippen molar-refractivity contribution >= 4 is 11.8 Å². The number of hydrogen-bond donors (Lipinski definition) is 1. The van der Waals surface area contributed by atoms with Crippen molar-refractivity contribution in [2.45, 2.75) is 39.5 Å². The van der Waals surface area contributed by atoms with Crippen LogP contribution >= 0.6 is 0 Å². The van der Waals surface area contributed by atoms with Crippen LogP contribution in [0.4, 0.5) is 11.8 Å². The molecule has 1 aromatic rings. The van der Waals surface area contributed by atoms with Gasteiger partial charge in [-0.25, -0.2) is 4.98 Å². The van der Waals surface area contributed by atoms with Crippen LogP contribution in [0.15, 0.2) is 6.07 Å². The Morgan fingerprint density at radius 1 is 1.24 bits per heavy atom. The molecule has 4 nitrogen and oxygen atoms in total. The summed E-state index contributed by atoms with van der Waals surface area (Å²) in [4.78, 5) is 11.4. The summed E-state index contributed by atoms with van der Waals surface area (Å²) in [5.41, 5.74) is 1.04. The molecule has 1 N–H and O–H groups in total. The first-order chi connectivity index (χ1) is 8.29. The number of nitrogens with one attached hydrogen (secondary N) is 1. The Labute approximate surface area is 103 Å². The lowest BCUT2D eigenvalue weighted by molar-refractivity contribution is 0.568. The molecule has 0 aliphatic carbocycles. The zero-order chi connectivity index (χ0) is 12.1. The van der Waals surface area contributed by atoms with E-state index in [-0.39, 0.29) is 0 Å². The molecule has 1 aromatic heterocycles. The first-order valence-corrected chi connectivity index (χ1v) is 6.64. The van der Waals surface area contributed by atoms with E-state index in [2.05, 4.69) is 27.1 Å². The lowest BCUT2D eigenvalue weighted by Gasteiger charge is -2.27. The molecule has 2 rings (SSSR count). The second-order valence-electron chi connectivity index (χ2n) is 4.67. The Morgan fingerprint density at radius 3 is 2.71 bits per heavy atom. The fourth-order valence-corrected chi connectivity index (χ4v) is 2.13. The molecular weight excluding hydrogens is 212 g/mol. The molecule has 0 unspecified atom stereocenters. The van der Waals surface area contributed by atoms with Gasteiger partial charge in [0.15, 0.2) is 0 Å². The maximum absolute atomic E-state index is 4.60. The number of piperidine rings is 1. The molecule has 0 aromatic carbocycles. The molecule has 0 spiro atoms. The first kappa shape index (κ1) is 12.1. The van der Waals surface area contributed by atoms with Gasteiger partial charge in [-0.2, -0.15) is 4.98 Å². The number of aryl methyl sites for hydroxylation is 1. The molecule has 1 saturated heterocycles. The molecule has 17 heavy (non-hydrogen) atoms. The smallest absolute Gasteiger partial charge is 0.227 e. The maximum Gasteiger partial charge on any atom is 0.227 e. The summed E-state index contributed by atoms with van der Waals surface area (Å²) in [6, 6.07) is 2.02. The minimum atomic E-state index is 0.892. The van der Waals surface area contributed by atoms with Crippen LogP contribution in [0.1, 0.15) is 38.3 Å². The van der Waals surface area contributed by atoms with Crippen LogP contribution in [-0.2, 0) is 0 Å². The summed E-state index contributed by atoms with van der Waals surface area (Å²) >= 11 is 0. The van der Waals surface area contributed by atoms with E-state index in [0.717, 1.165) is 43.5 Å². The molecule has 0 radical (unpaired) electrons. The average molecular weight is 234 g/mol. The zero-order valence-electron chi connectivity index (χ0n) is 10.9. The Balaban J connectivity index is 2.12. The molecule has 4 heteroatoms. The van der Waals surface area contributed by atoms with Crippen LogP contribution < -0.4 is 10.2 Å². The van der Waals surface area contributed by atoms with E-state index in [1.807, 2.05) is 13.0 Å². The van der Waals surface area contributed by atoms with Crippen molar-refractivity contribution in [1.29, 1.82) is 0 Å². The van der Waals surface area contributed by atoms with Gasteiger partial charge in [0, 0.05) is 31.4 Å². The van der Waals surface area contributed by atoms with Crippen LogP contribution in [0, 0.1) is 6.92 Å². The number of anilines is 2. The van der Waals surface area contributed by atoms with Crippen molar-refractivity contribution in [1.82, 2.24) is 9.97 Å². The van der Waals surface area contributed by atoms with Gasteiger partial charge >= 0.3 is 0 Å². The van der Waals surface area contributed by atoms with Gasteiger partial charge in [-0.05, 0) is 32.6 Å². The highest BCUT2D eigenvalue weighted by Gasteiger charge is 2.14. The number of aromatic nitrogens is 2. The third-order valence-electron chi connectivity index (χ3n) is 3.04. The average Bonchev–Trinajstić information content (AvgIpc) is 2.37. The van der Waals surface area contributed by atoms with E-state index in [4.69, 9.17) is 0 Å². The Bertz CT molecular complexity index is 358. The summed E-state index contributed by atoms with van der Waals surface area (Å²) < 4.78 is 0. The third kappa shape index (κ3) is 3.32. The summed E-state index contributed by atoms with van der Waals surface area (Å²) in [6.45, 7) is 7.35. The summed E-state index contributed by atoms with van der Waals surface area (Å²) in [5, 5.41) is 3.34. The van der Waals surface area contributed by atoms with Crippen LogP contribution in [0.25, 0.3) is 0 Å². The van der Waals surface area contributed by atoms with Gasteiger partial charge in [0.2, 0.25) is 5.95 Å². The van der Waals surface area contributed by atoms with Gasteiger partial charge in [-0.15, -0.1) is 0 Å². The Morgan fingerprint density at radius 2 is 2.00 bits per heavy atom. The van der Waals surface area contributed by atoms with Gasteiger partial charge in [-0.3, -0.25) is 0 Å². The van der Waals surface area contributed by atoms with Gasteiger partial charge in [0.25, 0.3) is 0 Å². The fourth-order valence-electron chi connectivity index (χ4n) is 2.13. The molecule has 94 valence electrons. The Kier molecular flexibility index (Phi) is 4.18. The van der Waals surface area contributed by atoms with Crippen molar-refractivity contribution < 1.29 is 0 Å². The fraction of sp³-hybridized carbons (Fsp3) is 0.692. The highest BCUT2D eigenvalue weighted by atomic mass is 15.3. The van der Waals surface area contributed by atoms with Gasteiger partial charge in [0.05, 0.1) is 0 Å². The van der Waals surface area contributed by atoms with Crippen LogP contribution in [0.5, 0.6) is 0 Å². The first-order valence-electron chi connectivity index (χ1n) is 6.64. The quantitative estimate of drug-likeness (QED) is 0.869. The maximum atomic E-state index is 4.60. The topological polar surface area (TPSA) is 41.1 Å². The van der Waals surface area contributed by atoms with Gasteiger partial charge in [0.1, 0.15) is 5.82 Å². The molecule has 1 aliphatic heterocycles. The molecular formula is C13H22N4. The molecule has 0 saturated carbocycles. The van der Waals surface area contributed by atoms with Crippen molar-refractivity contribution in [3.8, 4) is 0 Å². The standard InChI is InChI=1S/C13H22N4/c1-3-7-14-12-10-11(2)15-13(16-12)17-8-5-4-6-9-17/h10H,3-9H2,1-2H3,(H,14,15,16). The number of hydrogen-bond acceptors (Lipinski definition) is 4. The van der Waals surface area contributed by atoms with E-state index >= 15 is 0 Å². The number of nitrogens with zero attached hydrogens (tertiary/aromatic N) is 3. The van der Waals surface area contributed by atoms with Crippen LogP contribution in [0.2, 0.25) is 0 Å². The van der Waals surface area contributed by atoms with Crippen molar-refractivity contribution in [3.05, 3.63) is 11.8 Å². The van der Waals surface area contributed by atoms with Crippen LogP contribution in [-0.4, -0.2) is 29.6 Å². The van der Waals surface area contributed by atoms with E-state index in [1.165, 1.54) is 19.3 Å². The van der Waals surface area contributed by atoms with Crippen molar-refractivity contribution in [3.63, 3.8) is 0 Å². The minimum absolute atomic E-state index is 0.892. The van der Waals surface area contributed by atoms with Crippen molar-refractivity contribution in [2.24, 2.45) is 0 Å². The monoisotopic (exact) mass is 234 g/mol. The van der Waals surface area contributed by atoms with Crippen LogP contribution in [0.3, 0.4) is 0 Å². The highest BCUT2D eigenvalue weighted by molar-refractivity contribution is 5.43. The second kappa shape index (κ2) is 5.84. The largest absolute Gasteiger partial charge is 0.370 e. The normalized spacial score (nSPS) is 16.0. The van der Waals surface area contributed by atoms with Crippen molar-refractivity contribution in [2.75, 3.05) is 29.9 Å². The van der Waals surface area contributed by atoms with E-state index in [1.54, 1.807) is 0 Å². The second-order valence-corrected chi connectivity index (χ2v) is 4.67. The summed E-state index contributed by atoms with van der Waals surface area (Å²) in [7, 11) is 0. The molecule has 0 bridgehead atoms. The molecule has 0 amide bonds.